The van der Waals surface area contributed by atoms with E-state index in [1.165, 1.54) is 29.0 Å². The smallest absolute Gasteiger partial charge is 0.417 e. The highest BCUT2D eigenvalue weighted by Gasteiger charge is 2.33. The van der Waals surface area contributed by atoms with Crippen LogP contribution in [-0.4, -0.2) is 34.5 Å². The normalized spacial score (nSPS) is 11.3. The van der Waals surface area contributed by atoms with Gasteiger partial charge in [0.05, 0.1) is 29.0 Å². The molecule has 0 spiro atoms. The molecule has 0 aliphatic heterocycles. The first kappa shape index (κ1) is 23.7. The molecule has 0 radical (unpaired) electrons. The number of amides is 2. The molecule has 0 saturated carbocycles. The van der Waals surface area contributed by atoms with Gasteiger partial charge in [0.1, 0.15) is 17.3 Å². The van der Waals surface area contributed by atoms with Crippen LogP contribution < -0.4 is 5.32 Å². The highest BCUT2D eigenvalue weighted by molar-refractivity contribution is 7.98. The van der Waals surface area contributed by atoms with Crippen molar-refractivity contribution in [3.05, 3.63) is 76.8 Å². The van der Waals surface area contributed by atoms with Crippen LogP contribution >= 0.6 is 23.4 Å². The highest BCUT2D eigenvalue weighted by Crippen LogP contribution is 2.36. The van der Waals surface area contributed by atoms with E-state index in [1.807, 2.05) is 0 Å². The van der Waals surface area contributed by atoms with Gasteiger partial charge in [-0.1, -0.05) is 11.6 Å². The third kappa shape index (κ3) is 5.83. The number of thioether (sulfide) groups is 1. The van der Waals surface area contributed by atoms with Crippen molar-refractivity contribution in [2.24, 2.45) is 0 Å². The number of hydrogen-bond donors (Lipinski definition) is 1. The number of hydrogen-bond acceptors (Lipinski definition) is 5. The van der Waals surface area contributed by atoms with Crippen LogP contribution in [0.1, 0.15) is 21.7 Å². The molecule has 1 aromatic carbocycles. The SMILES string of the molecule is CSc1ncccc1C(=O)N(CC(=O)Nc1ccc(Cl)c(C(F)(F)F)c1)Cc1ccco1. The Kier molecular flexibility index (Phi) is 7.47. The van der Waals surface area contributed by atoms with Gasteiger partial charge in [-0.2, -0.15) is 13.2 Å². The number of carbonyl (C=O) groups is 2. The number of nitrogens with zero attached hydrogens (tertiary/aromatic N) is 2. The minimum Gasteiger partial charge on any atom is -0.467 e. The Morgan fingerprint density at radius 3 is 2.66 bits per heavy atom. The van der Waals surface area contributed by atoms with E-state index in [1.54, 1.807) is 36.7 Å². The summed E-state index contributed by atoms with van der Waals surface area (Å²) in [4.78, 5) is 31.2. The second kappa shape index (κ2) is 10.1. The molecular formula is C21H17ClF3N3O3S. The fourth-order valence-corrected chi connectivity index (χ4v) is 3.64. The minimum absolute atomic E-state index is 0.0175. The quantitative estimate of drug-likeness (QED) is 0.458. The summed E-state index contributed by atoms with van der Waals surface area (Å²) in [5, 5.41) is 2.38. The van der Waals surface area contributed by atoms with Gasteiger partial charge in [-0.3, -0.25) is 9.59 Å². The number of furan rings is 1. The topological polar surface area (TPSA) is 75.4 Å². The van der Waals surface area contributed by atoms with Crippen LogP contribution in [0.3, 0.4) is 0 Å². The Morgan fingerprint density at radius 2 is 2.00 bits per heavy atom. The number of nitrogens with one attached hydrogen (secondary N) is 1. The lowest BCUT2D eigenvalue weighted by Crippen LogP contribution is -2.37. The van der Waals surface area contributed by atoms with E-state index >= 15 is 0 Å². The van der Waals surface area contributed by atoms with Crippen LogP contribution in [-0.2, 0) is 17.5 Å². The van der Waals surface area contributed by atoms with Crippen molar-refractivity contribution in [1.29, 1.82) is 0 Å². The van der Waals surface area contributed by atoms with Gasteiger partial charge in [0.25, 0.3) is 5.91 Å². The molecule has 168 valence electrons. The lowest BCUT2D eigenvalue weighted by Gasteiger charge is -2.22. The summed E-state index contributed by atoms with van der Waals surface area (Å²) in [7, 11) is 0. The van der Waals surface area contributed by atoms with Crippen molar-refractivity contribution >= 4 is 40.9 Å². The number of alkyl halides is 3. The molecule has 1 N–H and O–H groups in total. The van der Waals surface area contributed by atoms with Crippen molar-refractivity contribution in [2.75, 3.05) is 18.1 Å². The summed E-state index contributed by atoms with van der Waals surface area (Å²) < 4.78 is 44.5. The van der Waals surface area contributed by atoms with E-state index < -0.39 is 35.1 Å². The Bertz CT molecular complexity index is 1110. The lowest BCUT2D eigenvalue weighted by atomic mass is 10.2. The summed E-state index contributed by atoms with van der Waals surface area (Å²) in [5.74, 6) is -0.720. The van der Waals surface area contributed by atoms with Crippen LogP contribution in [0.2, 0.25) is 5.02 Å². The zero-order chi connectivity index (χ0) is 23.3. The first-order valence-corrected chi connectivity index (χ1v) is 10.8. The molecule has 2 heterocycles. The van der Waals surface area contributed by atoms with E-state index in [0.717, 1.165) is 12.1 Å². The Hall–Kier alpha value is -2.98. The zero-order valence-corrected chi connectivity index (χ0v) is 18.2. The van der Waals surface area contributed by atoms with Gasteiger partial charge in [-0.05, 0) is 48.7 Å². The van der Waals surface area contributed by atoms with Crippen LogP contribution in [0.5, 0.6) is 0 Å². The molecule has 3 rings (SSSR count). The zero-order valence-electron chi connectivity index (χ0n) is 16.6. The predicted molar refractivity (Wildman–Crippen MR) is 115 cm³/mol. The number of benzene rings is 1. The van der Waals surface area contributed by atoms with E-state index in [2.05, 4.69) is 10.3 Å². The molecule has 0 saturated heterocycles. The van der Waals surface area contributed by atoms with Crippen molar-refractivity contribution in [2.45, 2.75) is 17.7 Å². The van der Waals surface area contributed by atoms with E-state index in [0.29, 0.717) is 16.3 Å². The number of aromatic nitrogens is 1. The number of rotatable bonds is 7. The van der Waals surface area contributed by atoms with Gasteiger partial charge in [0, 0.05) is 11.9 Å². The second-order valence-corrected chi connectivity index (χ2v) is 7.74. The molecule has 6 nitrogen and oxygen atoms in total. The van der Waals surface area contributed by atoms with Crippen LogP contribution in [0.15, 0.2) is 64.4 Å². The minimum atomic E-state index is -4.67. The lowest BCUT2D eigenvalue weighted by molar-refractivity contribution is -0.137. The molecule has 2 aromatic heterocycles. The Balaban J connectivity index is 1.82. The number of carbonyl (C=O) groups excluding carboxylic acids is 2. The van der Waals surface area contributed by atoms with Gasteiger partial charge >= 0.3 is 6.18 Å². The monoisotopic (exact) mass is 483 g/mol. The fraction of sp³-hybridized carbons (Fsp3) is 0.190. The van der Waals surface area contributed by atoms with Gasteiger partial charge in [0.15, 0.2) is 0 Å². The number of pyridine rings is 1. The Labute approximate surface area is 190 Å². The maximum absolute atomic E-state index is 13.2. The third-order valence-corrected chi connectivity index (χ3v) is 5.34. The van der Waals surface area contributed by atoms with Gasteiger partial charge in [-0.25, -0.2) is 4.98 Å². The van der Waals surface area contributed by atoms with Gasteiger partial charge in [0.2, 0.25) is 5.91 Å². The van der Waals surface area contributed by atoms with E-state index in [-0.39, 0.29) is 12.2 Å². The molecule has 32 heavy (non-hydrogen) atoms. The van der Waals surface area contributed by atoms with Crippen molar-refractivity contribution in [1.82, 2.24) is 9.88 Å². The van der Waals surface area contributed by atoms with Crippen molar-refractivity contribution in [3.8, 4) is 0 Å². The first-order valence-electron chi connectivity index (χ1n) is 9.16. The van der Waals surface area contributed by atoms with Crippen LogP contribution in [0.25, 0.3) is 0 Å². The molecule has 0 aliphatic carbocycles. The second-order valence-electron chi connectivity index (χ2n) is 6.54. The summed E-state index contributed by atoms with van der Waals surface area (Å²) in [6.45, 7) is -0.442. The van der Waals surface area contributed by atoms with E-state index in [4.69, 9.17) is 16.0 Å². The molecule has 0 atom stereocenters. The summed E-state index contributed by atoms with van der Waals surface area (Å²) in [5.41, 5.74) is -0.867. The standard InChI is InChI=1S/C21H17ClF3N3O3S/c1-32-19-15(5-2-8-26-19)20(30)28(11-14-4-3-9-31-14)12-18(29)27-13-6-7-17(22)16(10-13)21(23,24)25/h2-10H,11-12H2,1H3,(H,27,29). The molecule has 0 bridgehead atoms. The molecule has 0 unspecified atom stereocenters. The molecule has 11 heteroatoms. The Morgan fingerprint density at radius 1 is 1.22 bits per heavy atom. The van der Waals surface area contributed by atoms with Crippen LogP contribution in [0, 0.1) is 0 Å². The third-order valence-electron chi connectivity index (χ3n) is 4.30. The van der Waals surface area contributed by atoms with Gasteiger partial charge in [-0.15, -0.1) is 11.8 Å². The van der Waals surface area contributed by atoms with Crippen molar-refractivity contribution in [3.63, 3.8) is 0 Å². The van der Waals surface area contributed by atoms with Crippen molar-refractivity contribution < 1.29 is 27.2 Å². The van der Waals surface area contributed by atoms with Gasteiger partial charge < -0.3 is 14.6 Å². The molecule has 3 aromatic rings. The van der Waals surface area contributed by atoms with E-state index in [9.17, 15) is 22.8 Å². The molecular weight excluding hydrogens is 467 g/mol. The predicted octanol–water partition coefficient (Wildman–Crippen LogP) is 5.35. The molecule has 0 fully saturated rings. The largest absolute Gasteiger partial charge is 0.467 e. The maximum Gasteiger partial charge on any atom is 0.417 e. The molecule has 0 aliphatic rings. The highest BCUT2D eigenvalue weighted by atomic mass is 35.5. The average Bonchev–Trinajstić information content (AvgIpc) is 3.26. The fourth-order valence-electron chi connectivity index (χ4n) is 2.87. The first-order chi connectivity index (χ1) is 15.2. The summed E-state index contributed by atoms with van der Waals surface area (Å²) in [6, 6.07) is 9.51. The average molecular weight is 484 g/mol. The number of halogens is 4. The molecule has 2 amide bonds. The number of anilines is 1. The summed E-state index contributed by atoms with van der Waals surface area (Å²) >= 11 is 6.89. The summed E-state index contributed by atoms with van der Waals surface area (Å²) in [6.07, 6.45) is 0.0713. The maximum atomic E-state index is 13.2. The van der Waals surface area contributed by atoms with Crippen LogP contribution in [0.4, 0.5) is 18.9 Å².